The zero-order chi connectivity index (χ0) is 14.4. The second-order valence-electron chi connectivity index (χ2n) is 7.27. The second-order valence-corrected chi connectivity index (χ2v) is 10.3. The van der Waals surface area contributed by atoms with Gasteiger partial charge in [0, 0.05) is 33.5 Å². The third-order valence-corrected chi connectivity index (χ3v) is 8.15. The minimum Gasteiger partial charge on any atom is -0.369 e. The van der Waals surface area contributed by atoms with E-state index < -0.39 is 0 Å². The lowest BCUT2D eigenvalue weighted by Gasteiger charge is -2.39. The maximum Gasteiger partial charge on any atom is 0.0678 e. The molecule has 2 aliphatic rings. The van der Waals surface area contributed by atoms with Crippen molar-refractivity contribution in [3.63, 3.8) is 0 Å². The van der Waals surface area contributed by atoms with Crippen molar-refractivity contribution in [1.82, 2.24) is 0 Å². The fourth-order valence-electron chi connectivity index (χ4n) is 3.47. The summed E-state index contributed by atoms with van der Waals surface area (Å²) in [6.07, 6.45) is 1.08. The maximum absolute atomic E-state index is 6.64. The molecule has 2 nitrogen and oxygen atoms in total. The van der Waals surface area contributed by atoms with Crippen molar-refractivity contribution in [1.29, 1.82) is 0 Å². The molecule has 0 aromatic heterocycles. The molecule has 5 unspecified atom stereocenters. The van der Waals surface area contributed by atoms with Crippen molar-refractivity contribution in [3.8, 4) is 0 Å². The lowest BCUT2D eigenvalue weighted by Crippen LogP contribution is -2.49. The van der Waals surface area contributed by atoms with Crippen LogP contribution in [0.4, 0.5) is 0 Å². The SMILES string of the molecule is CC1SCC(C(N)C2CC(C)(C)OC2(C)C)SC1C. The molecule has 0 aromatic rings. The fraction of sp³-hybridized carbons (Fsp3) is 1.00. The number of rotatable bonds is 2. The predicted octanol–water partition coefficient (Wildman–Crippen LogP) is 3.53. The molecule has 2 saturated heterocycles. The van der Waals surface area contributed by atoms with E-state index in [1.807, 2.05) is 0 Å². The highest BCUT2D eigenvalue weighted by Gasteiger charge is 2.50. The molecule has 112 valence electrons. The Bertz CT molecular complexity index is 332. The van der Waals surface area contributed by atoms with E-state index in [0.717, 1.165) is 11.7 Å². The number of thioether (sulfide) groups is 2. The van der Waals surface area contributed by atoms with E-state index in [-0.39, 0.29) is 17.2 Å². The summed E-state index contributed by atoms with van der Waals surface area (Å²) in [6, 6.07) is 0.240. The van der Waals surface area contributed by atoms with Crippen LogP contribution in [0.3, 0.4) is 0 Å². The largest absolute Gasteiger partial charge is 0.369 e. The van der Waals surface area contributed by atoms with Crippen LogP contribution in [0.15, 0.2) is 0 Å². The normalized spacial score (nSPS) is 43.1. The van der Waals surface area contributed by atoms with Gasteiger partial charge in [-0.15, -0.1) is 0 Å². The molecule has 0 aliphatic carbocycles. The highest BCUT2D eigenvalue weighted by molar-refractivity contribution is 8.07. The number of ether oxygens (including phenoxy) is 1. The van der Waals surface area contributed by atoms with Crippen LogP contribution in [0, 0.1) is 5.92 Å². The predicted molar refractivity (Wildman–Crippen MR) is 88.1 cm³/mol. The zero-order valence-corrected chi connectivity index (χ0v) is 14.7. The Morgan fingerprint density at radius 2 is 1.79 bits per heavy atom. The molecule has 0 bridgehead atoms. The highest BCUT2D eigenvalue weighted by atomic mass is 32.2. The molecule has 0 spiro atoms. The van der Waals surface area contributed by atoms with Gasteiger partial charge in [-0.2, -0.15) is 23.5 Å². The topological polar surface area (TPSA) is 35.2 Å². The average molecular weight is 304 g/mol. The van der Waals surface area contributed by atoms with Gasteiger partial charge in [0.2, 0.25) is 0 Å². The highest BCUT2D eigenvalue weighted by Crippen LogP contribution is 2.47. The first kappa shape index (κ1) is 16.0. The van der Waals surface area contributed by atoms with Crippen molar-refractivity contribution in [3.05, 3.63) is 0 Å². The van der Waals surface area contributed by atoms with Gasteiger partial charge in [-0.25, -0.2) is 0 Å². The van der Waals surface area contributed by atoms with Crippen LogP contribution >= 0.6 is 23.5 Å². The summed E-state index contributed by atoms with van der Waals surface area (Å²) in [5.74, 6) is 1.64. The van der Waals surface area contributed by atoms with E-state index >= 15 is 0 Å². The quantitative estimate of drug-likeness (QED) is 0.846. The first-order chi connectivity index (χ1) is 8.62. The molecule has 0 radical (unpaired) electrons. The van der Waals surface area contributed by atoms with Crippen LogP contribution in [0.1, 0.15) is 48.0 Å². The summed E-state index contributed by atoms with van der Waals surface area (Å²) in [6.45, 7) is 13.5. The Hall–Kier alpha value is 0.620. The molecule has 0 aromatic carbocycles. The van der Waals surface area contributed by atoms with E-state index in [0.29, 0.717) is 16.4 Å². The van der Waals surface area contributed by atoms with Gasteiger partial charge in [0.1, 0.15) is 0 Å². The zero-order valence-electron chi connectivity index (χ0n) is 13.1. The molecule has 2 rings (SSSR count). The van der Waals surface area contributed by atoms with Crippen LogP contribution in [0.25, 0.3) is 0 Å². The van der Waals surface area contributed by atoms with Crippen molar-refractivity contribution >= 4 is 23.5 Å². The van der Waals surface area contributed by atoms with Crippen LogP contribution in [0.5, 0.6) is 0 Å². The van der Waals surface area contributed by atoms with Gasteiger partial charge in [0.05, 0.1) is 11.2 Å². The van der Waals surface area contributed by atoms with Crippen LogP contribution in [0.2, 0.25) is 0 Å². The van der Waals surface area contributed by atoms with Gasteiger partial charge in [-0.1, -0.05) is 13.8 Å². The lowest BCUT2D eigenvalue weighted by molar-refractivity contribution is -0.0764. The Kier molecular flexibility index (Phi) is 4.57. The first-order valence-electron chi connectivity index (χ1n) is 7.35. The van der Waals surface area contributed by atoms with Crippen LogP contribution in [-0.2, 0) is 4.74 Å². The Labute approximate surface area is 127 Å². The van der Waals surface area contributed by atoms with Crippen LogP contribution < -0.4 is 5.73 Å². The van der Waals surface area contributed by atoms with Gasteiger partial charge >= 0.3 is 0 Å². The van der Waals surface area contributed by atoms with Gasteiger partial charge < -0.3 is 10.5 Å². The molecule has 0 amide bonds. The molecule has 5 atom stereocenters. The van der Waals surface area contributed by atoms with Crippen molar-refractivity contribution < 1.29 is 4.74 Å². The second kappa shape index (κ2) is 5.43. The Morgan fingerprint density at radius 1 is 1.16 bits per heavy atom. The molecule has 2 aliphatic heterocycles. The molecule has 2 heterocycles. The summed E-state index contributed by atoms with van der Waals surface area (Å²) in [5.41, 5.74) is 6.52. The summed E-state index contributed by atoms with van der Waals surface area (Å²) >= 11 is 4.17. The molecule has 2 fully saturated rings. The van der Waals surface area contributed by atoms with Gasteiger partial charge in [-0.05, 0) is 34.1 Å². The van der Waals surface area contributed by atoms with E-state index in [2.05, 4.69) is 65.1 Å². The van der Waals surface area contributed by atoms with E-state index in [4.69, 9.17) is 10.5 Å². The van der Waals surface area contributed by atoms with E-state index in [9.17, 15) is 0 Å². The van der Waals surface area contributed by atoms with Crippen molar-refractivity contribution in [2.75, 3.05) is 5.75 Å². The molecular weight excluding hydrogens is 274 g/mol. The van der Waals surface area contributed by atoms with Gasteiger partial charge in [-0.3, -0.25) is 0 Å². The van der Waals surface area contributed by atoms with E-state index in [1.165, 1.54) is 5.75 Å². The van der Waals surface area contributed by atoms with Gasteiger partial charge in [0.25, 0.3) is 0 Å². The summed E-state index contributed by atoms with van der Waals surface area (Å²) in [4.78, 5) is 0. The lowest BCUT2D eigenvalue weighted by atomic mass is 9.81. The molecule has 0 saturated carbocycles. The minimum atomic E-state index is -0.0968. The third-order valence-electron chi connectivity index (χ3n) is 4.61. The third kappa shape index (κ3) is 3.45. The Balaban J connectivity index is 2.05. The van der Waals surface area contributed by atoms with Crippen molar-refractivity contribution in [2.45, 2.75) is 81.0 Å². The monoisotopic (exact) mass is 303 g/mol. The summed E-state index contributed by atoms with van der Waals surface area (Å²) in [7, 11) is 0. The fourth-order valence-corrected chi connectivity index (χ4v) is 6.58. The number of hydrogen-bond acceptors (Lipinski definition) is 4. The van der Waals surface area contributed by atoms with Crippen LogP contribution in [-0.4, -0.2) is 38.7 Å². The maximum atomic E-state index is 6.64. The minimum absolute atomic E-state index is 0.0306. The first-order valence-corrected chi connectivity index (χ1v) is 9.34. The average Bonchev–Trinajstić information content (AvgIpc) is 2.49. The number of nitrogens with two attached hydrogens (primary N) is 1. The van der Waals surface area contributed by atoms with E-state index in [1.54, 1.807) is 0 Å². The van der Waals surface area contributed by atoms with Crippen molar-refractivity contribution in [2.24, 2.45) is 11.7 Å². The molecular formula is C15H29NOS2. The molecule has 4 heteroatoms. The Morgan fingerprint density at radius 3 is 2.26 bits per heavy atom. The molecule has 2 N–H and O–H groups in total. The number of hydrogen-bond donors (Lipinski definition) is 1. The van der Waals surface area contributed by atoms with Gasteiger partial charge in [0.15, 0.2) is 0 Å². The molecule has 19 heavy (non-hydrogen) atoms. The summed E-state index contributed by atoms with van der Waals surface area (Å²) < 4.78 is 6.21. The standard InChI is InChI=1S/C15H29NOS2/c1-9-10(2)19-12(8-18-9)13(16)11-7-14(3,4)17-15(11,5)6/h9-13H,7-8,16H2,1-6H3. The smallest absolute Gasteiger partial charge is 0.0678 e. The summed E-state index contributed by atoms with van der Waals surface area (Å²) in [5, 5.41) is 2.02.